The summed E-state index contributed by atoms with van der Waals surface area (Å²) in [5, 5.41) is 0. The highest BCUT2D eigenvalue weighted by Gasteiger charge is 2.19. The molecule has 0 bridgehead atoms. The molecule has 1 atom stereocenters. The molecule has 83 heavy (non-hydrogen) atoms. The minimum atomic E-state index is -0.775. The molecule has 0 rings (SSSR count). The monoisotopic (exact) mass is 1160 g/mol. The van der Waals surface area contributed by atoms with Crippen LogP contribution in [0, 0.1) is 0 Å². The van der Waals surface area contributed by atoms with E-state index in [2.05, 4.69) is 69.4 Å². The van der Waals surface area contributed by atoms with Crippen LogP contribution in [0.5, 0.6) is 0 Å². The van der Waals surface area contributed by atoms with Gasteiger partial charge in [-0.2, -0.15) is 0 Å². The Morgan fingerprint density at radius 3 is 0.735 bits per heavy atom. The zero-order valence-electron chi connectivity index (χ0n) is 56.0. The molecule has 0 amide bonds. The summed E-state index contributed by atoms with van der Waals surface area (Å²) in [5.74, 6) is -0.856. The van der Waals surface area contributed by atoms with E-state index in [0.717, 1.165) is 83.5 Å². The summed E-state index contributed by atoms with van der Waals surface area (Å²) in [6.07, 6.45) is 91.7. The maximum Gasteiger partial charge on any atom is 0.306 e. The summed E-state index contributed by atoms with van der Waals surface area (Å²) in [4.78, 5) is 38.4. The molecule has 0 aromatic carbocycles. The van der Waals surface area contributed by atoms with Crippen LogP contribution in [0.4, 0.5) is 0 Å². The van der Waals surface area contributed by atoms with Crippen LogP contribution in [0.2, 0.25) is 0 Å². The summed E-state index contributed by atoms with van der Waals surface area (Å²) in [6, 6.07) is 0. The lowest BCUT2D eigenvalue weighted by Gasteiger charge is -2.18. The lowest BCUT2D eigenvalue weighted by molar-refractivity contribution is -0.167. The van der Waals surface area contributed by atoms with Gasteiger partial charge < -0.3 is 14.2 Å². The number of carbonyl (C=O) groups is 3. The number of hydrogen-bond acceptors (Lipinski definition) is 6. The third-order valence-corrected chi connectivity index (χ3v) is 16.8. The molecule has 0 aliphatic carbocycles. The normalized spacial score (nSPS) is 12.3. The fourth-order valence-corrected chi connectivity index (χ4v) is 11.2. The fraction of sp³-hybridized carbons (Fsp3) is 0.857. The van der Waals surface area contributed by atoms with Gasteiger partial charge in [-0.3, -0.25) is 14.4 Å². The van der Waals surface area contributed by atoms with Gasteiger partial charge in [0.15, 0.2) is 6.10 Å². The van der Waals surface area contributed by atoms with Crippen molar-refractivity contribution < 1.29 is 28.6 Å². The molecule has 0 aromatic rings. The van der Waals surface area contributed by atoms with E-state index in [9.17, 15) is 14.4 Å². The largest absolute Gasteiger partial charge is 0.462 e. The third kappa shape index (κ3) is 70.0. The van der Waals surface area contributed by atoms with Crippen molar-refractivity contribution in [1.82, 2.24) is 0 Å². The molecule has 0 saturated heterocycles. The van der Waals surface area contributed by atoms with Crippen molar-refractivity contribution in [3.8, 4) is 0 Å². The van der Waals surface area contributed by atoms with Gasteiger partial charge in [0.1, 0.15) is 13.2 Å². The van der Waals surface area contributed by atoms with E-state index >= 15 is 0 Å². The lowest BCUT2D eigenvalue weighted by Crippen LogP contribution is -2.30. The Bertz CT molecular complexity index is 1430. The highest BCUT2D eigenvalue weighted by Crippen LogP contribution is 2.19. The standard InChI is InChI=1S/C77H142O6/c1-4-7-10-13-16-19-22-24-26-28-30-32-34-36-38-39-40-42-43-45-47-49-51-53-55-58-61-64-67-70-76(79)82-73-74(72-81-75(78)69-66-63-60-57-21-18-15-12-9-6-3)83-77(80)71-68-65-62-59-56-54-52-50-48-46-44-41-37-35-33-31-29-27-25-23-20-17-14-11-8-5-2/h12,15,22,24,28,30,34,36,74H,4-11,13-14,16-21,23,25-27,29,31-33,35,37-73H2,1-3H3/b15-12-,24-22-,30-28-,36-34-. The van der Waals surface area contributed by atoms with Gasteiger partial charge in [0.05, 0.1) is 0 Å². The van der Waals surface area contributed by atoms with Crippen molar-refractivity contribution in [2.45, 2.75) is 412 Å². The number of unbranched alkanes of at least 4 members (excludes halogenated alkanes) is 50. The summed E-state index contributed by atoms with van der Waals surface area (Å²) in [5.41, 5.74) is 0. The molecule has 0 aliphatic heterocycles. The molecule has 0 fully saturated rings. The SMILES string of the molecule is CCC/C=C\CCCCCCCC(=O)OCC(COC(=O)CCCCCCCCCCCCCCCC/C=C\C/C=C\C/C=C\CCCCCCC)OC(=O)CCCCCCCCCCCCCCCCCCCCCCCCCCCC. The second-order valence-corrected chi connectivity index (χ2v) is 25.2. The molecule has 0 aromatic heterocycles. The van der Waals surface area contributed by atoms with E-state index in [1.165, 1.54) is 283 Å². The Morgan fingerprint density at radius 2 is 0.458 bits per heavy atom. The van der Waals surface area contributed by atoms with E-state index in [1.54, 1.807) is 0 Å². The third-order valence-electron chi connectivity index (χ3n) is 16.8. The molecule has 0 radical (unpaired) electrons. The number of rotatable bonds is 69. The summed E-state index contributed by atoms with van der Waals surface area (Å²) in [6.45, 7) is 6.63. The van der Waals surface area contributed by atoms with Crippen LogP contribution in [-0.4, -0.2) is 37.2 Å². The highest BCUT2D eigenvalue weighted by molar-refractivity contribution is 5.71. The van der Waals surface area contributed by atoms with Crippen LogP contribution < -0.4 is 0 Å². The van der Waals surface area contributed by atoms with Crippen molar-refractivity contribution in [2.75, 3.05) is 13.2 Å². The highest BCUT2D eigenvalue weighted by atomic mass is 16.6. The van der Waals surface area contributed by atoms with Crippen molar-refractivity contribution in [3.63, 3.8) is 0 Å². The van der Waals surface area contributed by atoms with Crippen LogP contribution in [0.3, 0.4) is 0 Å². The van der Waals surface area contributed by atoms with Gasteiger partial charge in [-0.1, -0.05) is 358 Å². The van der Waals surface area contributed by atoms with E-state index in [-0.39, 0.29) is 31.1 Å². The van der Waals surface area contributed by atoms with Gasteiger partial charge in [0.25, 0.3) is 0 Å². The van der Waals surface area contributed by atoms with Gasteiger partial charge in [-0.25, -0.2) is 0 Å². The fourth-order valence-electron chi connectivity index (χ4n) is 11.2. The first-order chi connectivity index (χ1) is 41.0. The average molecular weight is 1160 g/mol. The molecule has 1 unspecified atom stereocenters. The molecule has 0 N–H and O–H groups in total. The predicted octanol–water partition coefficient (Wildman–Crippen LogP) is 25.7. The summed E-state index contributed by atoms with van der Waals surface area (Å²) in [7, 11) is 0. The molecular weight excluding hydrogens is 1020 g/mol. The molecular formula is C77H142O6. The van der Waals surface area contributed by atoms with E-state index in [0.29, 0.717) is 19.3 Å². The Labute approximate surface area is 518 Å². The van der Waals surface area contributed by atoms with E-state index < -0.39 is 6.10 Å². The molecule has 0 saturated carbocycles. The second-order valence-electron chi connectivity index (χ2n) is 25.2. The number of carbonyl (C=O) groups excluding carboxylic acids is 3. The molecule has 0 spiro atoms. The smallest absolute Gasteiger partial charge is 0.306 e. The summed E-state index contributed by atoms with van der Waals surface area (Å²) < 4.78 is 17.0. The average Bonchev–Trinajstić information content (AvgIpc) is 3.48. The van der Waals surface area contributed by atoms with Crippen LogP contribution >= 0.6 is 0 Å². The van der Waals surface area contributed by atoms with Crippen LogP contribution in [0.25, 0.3) is 0 Å². The van der Waals surface area contributed by atoms with Gasteiger partial charge in [0, 0.05) is 19.3 Å². The topological polar surface area (TPSA) is 78.9 Å². The van der Waals surface area contributed by atoms with Gasteiger partial charge in [-0.05, 0) is 77.0 Å². The molecule has 486 valence electrons. The number of ether oxygens (including phenoxy) is 3. The first kappa shape index (κ1) is 80.4. The number of esters is 3. The maximum absolute atomic E-state index is 12.9. The minimum Gasteiger partial charge on any atom is -0.462 e. The first-order valence-corrected chi connectivity index (χ1v) is 37.1. The van der Waals surface area contributed by atoms with Crippen LogP contribution in [-0.2, 0) is 28.6 Å². The van der Waals surface area contributed by atoms with Crippen molar-refractivity contribution in [1.29, 1.82) is 0 Å². The van der Waals surface area contributed by atoms with E-state index in [4.69, 9.17) is 14.2 Å². The van der Waals surface area contributed by atoms with Gasteiger partial charge in [-0.15, -0.1) is 0 Å². The zero-order chi connectivity index (χ0) is 59.9. The first-order valence-electron chi connectivity index (χ1n) is 37.1. The van der Waals surface area contributed by atoms with Gasteiger partial charge in [0.2, 0.25) is 0 Å². The van der Waals surface area contributed by atoms with Crippen LogP contribution in [0.1, 0.15) is 406 Å². The minimum absolute atomic E-state index is 0.0715. The number of hydrogen-bond donors (Lipinski definition) is 0. The molecule has 6 heteroatoms. The Hall–Kier alpha value is -2.63. The van der Waals surface area contributed by atoms with E-state index in [1.807, 2.05) is 0 Å². The molecule has 6 nitrogen and oxygen atoms in total. The lowest BCUT2D eigenvalue weighted by atomic mass is 10.0. The number of allylic oxidation sites excluding steroid dienone is 8. The zero-order valence-corrected chi connectivity index (χ0v) is 56.0. The molecule has 0 heterocycles. The quantitative estimate of drug-likeness (QED) is 0.0261. The van der Waals surface area contributed by atoms with Crippen molar-refractivity contribution in [2.24, 2.45) is 0 Å². The Morgan fingerprint density at radius 1 is 0.241 bits per heavy atom. The molecule has 0 aliphatic rings. The Balaban J connectivity index is 4.12. The van der Waals surface area contributed by atoms with Crippen LogP contribution in [0.15, 0.2) is 48.6 Å². The Kier molecular flexibility index (Phi) is 69.6. The predicted molar refractivity (Wildman–Crippen MR) is 362 cm³/mol. The maximum atomic E-state index is 12.9. The van der Waals surface area contributed by atoms with Crippen molar-refractivity contribution in [3.05, 3.63) is 48.6 Å². The second kappa shape index (κ2) is 71.8. The van der Waals surface area contributed by atoms with Crippen molar-refractivity contribution >= 4 is 17.9 Å². The van der Waals surface area contributed by atoms with Gasteiger partial charge >= 0.3 is 17.9 Å². The summed E-state index contributed by atoms with van der Waals surface area (Å²) >= 11 is 0.